The first-order valence-electron chi connectivity index (χ1n) is 5.37. The topological polar surface area (TPSA) is 18.5 Å². The Balaban J connectivity index is 2.76. The number of rotatable bonds is 4. The van der Waals surface area contributed by atoms with Crippen LogP contribution in [0.5, 0.6) is 0 Å². The van der Waals surface area contributed by atoms with E-state index in [0.717, 1.165) is 10.0 Å². The van der Waals surface area contributed by atoms with Gasteiger partial charge >= 0.3 is 0 Å². The van der Waals surface area contributed by atoms with Gasteiger partial charge in [0.1, 0.15) is 5.60 Å². The van der Waals surface area contributed by atoms with Gasteiger partial charge in [-0.3, -0.25) is 0 Å². The molecular weight excluding hydrogens is 280 g/mol. The highest BCUT2D eigenvalue weighted by Gasteiger charge is 2.26. The van der Waals surface area contributed by atoms with Gasteiger partial charge in [-0.1, -0.05) is 34.0 Å². The van der Waals surface area contributed by atoms with E-state index in [4.69, 9.17) is 16.2 Å². The number of halogens is 1. The van der Waals surface area contributed by atoms with E-state index in [1.807, 2.05) is 38.1 Å². The summed E-state index contributed by atoms with van der Waals surface area (Å²) in [7, 11) is 0. The van der Waals surface area contributed by atoms with E-state index in [-0.39, 0.29) is 0 Å². The van der Waals surface area contributed by atoms with Gasteiger partial charge < -0.3 is 0 Å². The average Bonchev–Trinajstić information content (AvgIpc) is 2.27. The van der Waals surface area contributed by atoms with Gasteiger partial charge in [0, 0.05) is 4.47 Å². The molecule has 0 aromatic heterocycles. The first-order chi connectivity index (χ1) is 7.77. The first kappa shape index (κ1) is 14.2. The zero-order valence-electron chi connectivity index (χ0n) is 10.6. The maximum atomic E-state index is 5.45. The molecule has 0 unspecified atom stereocenters. The molecule has 0 spiro atoms. The Hall–Kier alpha value is -0.820. The fourth-order valence-electron chi connectivity index (χ4n) is 1.13. The fourth-order valence-corrected chi connectivity index (χ4v) is 1.40. The van der Waals surface area contributed by atoms with Gasteiger partial charge in [0.15, 0.2) is 5.60 Å². The summed E-state index contributed by atoms with van der Waals surface area (Å²) in [5, 5.41) is 0. The van der Waals surface area contributed by atoms with Crippen LogP contribution in [0.25, 0.3) is 0 Å². The molecule has 1 rings (SSSR count). The fraction of sp³-hybridized carbons (Fsp3) is 0.429. The minimum atomic E-state index is -0.730. The second-order valence-electron chi connectivity index (χ2n) is 4.84. The summed E-state index contributed by atoms with van der Waals surface area (Å²) < 4.78 is 1.03. The molecule has 0 amide bonds. The van der Waals surface area contributed by atoms with E-state index in [2.05, 4.69) is 21.9 Å². The van der Waals surface area contributed by atoms with Crippen LogP contribution in [0.1, 0.15) is 33.3 Å². The van der Waals surface area contributed by atoms with Crippen molar-refractivity contribution >= 4 is 15.9 Å². The van der Waals surface area contributed by atoms with Crippen molar-refractivity contribution in [2.24, 2.45) is 0 Å². The summed E-state index contributed by atoms with van der Waals surface area (Å²) in [4.78, 5) is 10.7. The van der Waals surface area contributed by atoms with Crippen LogP contribution in [0.3, 0.4) is 0 Å². The van der Waals surface area contributed by atoms with Gasteiger partial charge in [-0.15, -0.1) is 6.42 Å². The summed E-state index contributed by atoms with van der Waals surface area (Å²) in [6.45, 7) is 7.43. The van der Waals surface area contributed by atoms with E-state index in [1.54, 1.807) is 13.8 Å². The second-order valence-corrected chi connectivity index (χ2v) is 5.75. The third-order valence-corrected chi connectivity index (χ3v) is 2.87. The lowest BCUT2D eigenvalue weighted by Crippen LogP contribution is -2.29. The standard InChI is InChI=1S/C14H17BrO2/c1-6-13(2,3)16-17-14(4,5)11-7-9-12(15)10-8-11/h1,7-10H,2-5H3. The smallest absolute Gasteiger partial charge is 0.157 e. The summed E-state index contributed by atoms with van der Waals surface area (Å²) >= 11 is 3.40. The predicted molar refractivity (Wildman–Crippen MR) is 72.3 cm³/mol. The average molecular weight is 297 g/mol. The van der Waals surface area contributed by atoms with Gasteiger partial charge in [0.05, 0.1) is 0 Å². The highest BCUT2D eigenvalue weighted by molar-refractivity contribution is 9.10. The Bertz CT molecular complexity index is 413. The lowest BCUT2D eigenvalue weighted by Gasteiger charge is -2.28. The zero-order chi connectivity index (χ0) is 13.1. The van der Waals surface area contributed by atoms with Crippen molar-refractivity contribution in [3.63, 3.8) is 0 Å². The molecule has 0 aliphatic carbocycles. The van der Waals surface area contributed by atoms with Crippen LogP contribution >= 0.6 is 15.9 Å². The molecule has 0 N–H and O–H groups in total. The Kier molecular flexibility index (Phi) is 4.37. The largest absolute Gasteiger partial charge is 0.224 e. The third-order valence-electron chi connectivity index (χ3n) is 2.35. The van der Waals surface area contributed by atoms with Gasteiger partial charge in [0.2, 0.25) is 0 Å². The number of benzene rings is 1. The van der Waals surface area contributed by atoms with Crippen molar-refractivity contribution < 1.29 is 9.78 Å². The number of terminal acetylenes is 1. The van der Waals surface area contributed by atoms with Crippen LogP contribution in [-0.2, 0) is 15.4 Å². The van der Waals surface area contributed by atoms with Crippen molar-refractivity contribution in [3.8, 4) is 12.3 Å². The van der Waals surface area contributed by atoms with Crippen molar-refractivity contribution in [1.82, 2.24) is 0 Å². The molecular formula is C14H17BrO2. The molecule has 92 valence electrons. The maximum Gasteiger partial charge on any atom is 0.157 e. The molecule has 17 heavy (non-hydrogen) atoms. The summed E-state index contributed by atoms with van der Waals surface area (Å²) in [5.74, 6) is 2.52. The van der Waals surface area contributed by atoms with Crippen LogP contribution in [0.4, 0.5) is 0 Å². The van der Waals surface area contributed by atoms with Gasteiger partial charge in [-0.05, 0) is 45.4 Å². The lowest BCUT2D eigenvalue weighted by atomic mass is 9.99. The molecule has 1 aromatic carbocycles. The van der Waals surface area contributed by atoms with Crippen molar-refractivity contribution in [3.05, 3.63) is 34.3 Å². The SMILES string of the molecule is C#CC(C)(C)OOC(C)(C)c1ccc(Br)cc1. The molecule has 0 saturated heterocycles. The predicted octanol–water partition coefficient (Wildman–Crippen LogP) is 4.04. The van der Waals surface area contributed by atoms with Crippen LogP contribution in [0.15, 0.2) is 28.7 Å². The molecule has 0 aliphatic heterocycles. The van der Waals surface area contributed by atoms with Crippen LogP contribution in [0.2, 0.25) is 0 Å². The van der Waals surface area contributed by atoms with E-state index < -0.39 is 11.2 Å². The van der Waals surface area contributed by atoms with E-state index >= 15 is 0 Å². The lowest BCUT2D eigenvalue weighted by molar-refractivity contribution is -0.393. The molecule has 1 aromatic rings. The maximum absolute atomic E-state index is 5.45. The van der Waals surface area contributed by atoms with Gasteiger partial charge in [0.25, 0.3) is 0 Å². The van der Waals surface area contributed by atoms with E-state index in [0.29, 0.717) is 0 Å². The van der Waals surface area contributed by atoms with Crippen molar-refractivity contribution in [1.29, 1.82) is 0 Å². The van der Waals surface area contributed by atoms with E-state index in [1.165, 1.54) is 0 Å². The summed E-state index contributed by atoms with van der Waals surface area (Å²) in [6.07, 6.45) is 5.33. The molecule has 2 nitrogen and oxygen atoms in total. The van der Waals surface area contributed by atoms with Gasteiger partial charge in [-0.25, -0.2) is 9.78 Å². The van der Waals surface area contributed by atoms with Crippen LogP contribution in [0, 0.1) is 12.3 Å². The number of hydrogen-bond acceptors (Lipinski definition) is 2. The normalized spacial score (nSPS) is 12.2. The monoisotopic (exact) mass is 296 g/mol. The Morgan fingerprint density at radius 2 is 1.59 bits per heavy atom. The highest BCUT2D eigenvalue weighted by atomic mass is 79.9. The molecule has 0 heterocycles. The summed E-state index contributed by atoms with van der Waals surface area (Å²) in [5.41, 5.74) is -0.255. The Labute approximate surface area is 111 Å². The quantitative estimate of drug-likeness (QED) is 0.474. The molecule has 0 fully saturated rings. The van der Waals surface area contributed by atoms with Crippen molar-refractivity contribution in [2.45, 2.75) is 38.9 Å². The molecule has 0 aliphatic rings. The summed E-state index contributed by atoms with van der Waals surface area (Å²) in [6, 6.07) is 7.90. The highest BCUT2D eigenvalue weighted by Crippen LogP contribution is 2.28. The zero-order valence-corrected chi connectivity index (χ0v) is 12.2. The van der Waals surface area contributed by atoms with Crippen LogP contribution < -0.4 is 0 Å². The Morgan fingerprint density at radius 1 is 1.06 bits per heavy atom. The van der Waals surface area contributed by atoms with Crippen LogP contribution in [-0.4, -0.2) is 5.60 Å². The van der Waals surface area contributed by atoms with E-state index in [9.17, 15) is 0 Å². The number of hydrogen-bond donors (Lipinski definition) is 0. The third kappa shape index (κ3) is 4.16. The molecule has 0 atom stereocenters. The minimum absolute atomic E-state index is 0.547. The minimum Gasteiger partial charge on any atom is -0.224 e. The molecule has 0 radical (unpaired) electrons. The second kappa shape index (κ2) is 5.22. The van der Waals surface area contributed by atoms with Crippen molar-refractivity contribution in [2.75, 3.05) is 0 Å². The molecule has 0 saturated carbocycles. The molecule has 3 heteroatoms. The first-order valence-corrected chi connectivity index (χ1v) is 6.17. The van der Waals surface area contributed by atoms with Gasteiger partial charge in [-0.2, -0.15) is 0 Å². The molecule has 0 bridgehead atoms. The Morgan fingerprint density at radius 3 is 2.06 bits per heavy atom.